The molecule has 2 aromatic carbocycles. The Morgan fingerprint density at radius 2 is 1.86 bits per heavy atom. The number of hydrazone groups is 1. The third-order valence-corrected chi connectivity index (χ3v) is 5.81. The molecule has 0 radical (unpaired) electrons. The van der Waals surface area contributed by atoms with Gasteiger partial charge < -0.3 is 9.90 Å². The number of aryl methyl sites for hydroxylation is 1. The van der Waals surface area contributed by atoms with E-state index in [0.29, 0.717) is 10.7 Å². The summed E-state index contributed by atoms with van der Waals surface area (Å²) < 4.78 is 25.5. The summed E-state index contributed by atoms with van der Waals surface area (Å²) in [5.41, 5.74) is 4.00. The molecular formula is C17H18ClN4NaO4S. The molecule has 0 saturated heterocycles. The largest absolute Gasteiger partial charge is 1.00 e. The summed E-state index contributed by atoms with van der Waals surface area (Å²) >= 11 is 5.99. The Morgan fingerprint density at radius 1 is 1.21 bits per heavy atom. The molecule has 8 nitrogen and oxygen atoms in total. The summed E-state index contributed by atoms with van der Waals surface area (Å²) in [5.74, 6) is -1.56. The van der Waals surface area contributed by atoms with Crippen molar-refractivity contribution in [2.45, 2.75) is 11.8 Å². The number of carbonyl (C=O) groups is 1. The molecule has 2 aromatic rings. The van der Waals surface area contributed by atoms with E-state index in [9.17, 15) is 18.3 Å². The standard InChI is InChI=1S/C17H19ClN4O4S.Na/c1-11-5-6-12(18)9-15(11)20-22(19-2)16-8-7-13(10-14(16)17(23)24)27(25,26)21(3)4;/h5-10,20H,2H2,1,3-4H3,(H,23,24);/q;+1/p-1. The van der Waals surface area contributed by atoms with Gasteiger partial charge in [-0.3, -0.25) is 5.43 Å². The van der Waals surface area contributed by atoms with E-state index in [1.165, 1.54) is 26.2 Å². The predicted molar refractivity (Wildman–Crippen MR) is 103 cm³/mol. The Kier molecular flexibility index (Phi) is 8.48. The van der Waals surface area contributed by atoms with Gasteiger partial charge in [-0.2, -0.15) is 10.2 Å². The van der Waals surface area contributed by atoms with Crippen LogP contribution in [-0.4, -0.2) is 39.5 Å². The number of halogens is 1. The molecule has 0 spiro atoms. The Hall–Kier alpha value is -1.62. The summed E-state index contributed by atoms with van der Waals surface area (Å²) in [7, 11) is -1.11. The number of carboxylic acids is 1. The number of carboxylic acid groups (broad SMARTS) is 1. The molecule has 11 heteroatoms. The number of hydrazine groups is 1. The van der Waals surface area contributed by atoms with Crippen LogP contribution in [-0.2, 0) is 10.0 Å². The van der Waals surface area contributed by atoms with Crippen molar-refractivity contribution in [3.63, 3.8) is 0 Å². The van der Waals surface area contributed by atoms with E-state index < -0.39 is 16.0 Å². The van der Waals surface area contributed by atoms with Crippen LogP contribution in [0.15, 0.2) is 46.4 Å². The fourth-order valence-corrected chi connectivity index (χ4v) is 3.34. The second kappa shape index (κ2) is 9.73. The Morgan fingerprint density at radius 3 is 2.39 bits per heavy atom. The van der Waals surface area contributed by atoms with Gasteiger partial charge >= 0.3 is 29.6 Å². The molecule has 1 N–H and O–H groups in total. The van der Waals surface area contributed by atoms with Gasteiger partial charge in [0.25, 0.3) is 0 Å². The van der Waals surface area contributed by atoms with E-state index >= 15 is 0 Å². The fourth-order valence-electron chi connectivity index (χ4n) is 2.24. The zero-order valence-electron chi connectivity index (χ0n) is 15.9. The van der Waals surface area contributed by atoms with Gasteiger partial charge in [-0.05, 0) is 42.8 Å². The molecule has 0 amide bonds. The smallest absolute Gasteiger partial charge is 0.545 e. The molecule has 144 valence electrons. The summed E-state index contributed by atoms with van der Waals surface area (Å²) in [4.78, 5) is 11.4. The molecule has 0 aliphatic carbocycles. The number of hydrogen-bond donors (Lipinski definition) is 1. The summed E-state index contributed by atoms with van der Waals surface area (Å²) in [6.07, 6.45) is 0. The van der Waals surface area contributed by atoms with Gasteiger partial charge in [-0.25, -0.2) is 12.7 Å². The van der Waals surface area contributed by atoms with Crippen molar-refractivity contribution < 1.29 is 47.9 Å². The first-order valence-electron chi connectivity index (χ1n) is 7.65. The molecule has 0 bridgehead atoms. The van der Waals surface area contributed by atoms with Gasteiger partial charge in [-0.1, -0.05) is 17.7 Å². The maximum Gasteiger partial charge on any atom is 1.00 e. The average Bonchev–Trinajstić information content (AvgIpc) is 2.61. The molecular weight excluding hydrogens is 415 g/mol. The maximum atomic E-state index is 12.3. The number of rotatable bonds is 7. The Bertz CT molecular complexity index is 999. The van der Waals surface area contributed by atoms with E-state index in [-0.39, 0.29) is 45.7 Å². The zero-order valence-corrected chi connectivity index (χ0v) is 19.5. The monoisotopic (exact) mass is 432 g/mol. The normalized spacial score (nSPS) is 10.9. The minimum absolute atomic E-state index is 0. The topological polar surface area (TPSA) is 105 Å². The number of anilines is 2. The van der Waals surface area contributed by atoms with Crippen LogP contribution in [0.25, 0.3) is 0 Å². The van der Waals surface area contributed by atoms with Gasteiger partial charge in [0.15, 0.2) is 0 Å². The number of sulfonamides is 1. The number of hydrogen-bond acceptors (Lipinski definition) is 7. The van der Waals surface area contributed by atoms with Crippen molar-refractivity contribution in [3.05, 3.63) is 52.5 Å². The Balaban J connectivity index is 0.00000392. The van der Waals surface area contributed by atoms with Gasteiger partial charge in [0.05, 0.1) is 22.2 Å². The molecule has 0 atom stereocenters. The quantitative estimate of drug-likeness (QED) is 0.332. The molecule has 0 unspecified atom stereocenters. The molecule has 0 aliphatic rings. The van der Waals surface area contributed by atoms with Gasteiger partial charge in [0.1, 0.15) is 0 Å². The molecule has 0 aliphatic heterocycles. The van der Waals surface area contributed by atoms with Crippen LogP contribution in [0.3, 0.4) is 0 Å². The van der Waals surface area contributed by atoms with Gasteiger partial charge in [-0.15, -0.1) is 0 Å². The molecule has 0 saturated carbocycles. The predicted octanol–water partition coefficient (Wildman–Crippen LogP) is -1.28. The summed E-state index contributed by atoms with van der Waals surface area (Å²) in [6.45, 7) is 5.25. The Labute approximate surface area is 191 Å². The first-order chi connectivity index (χ1) is 12.6. The van der Waals surface area contributed by atoms with Crippen LogP contribution in [0.4, 0.5) is 11.4 Å². The van der Waals surface area contributed by atoms with Crippen molar-refractivity contribution in [1.82, 2.24) is 4.31 Å². The fraction of sp³-hybridized carbons (Fsp3) is 0.176. The van der Waals surface area contributed by atoms with Gasteiger partial charge in [0.2, 0.25) is 10.0 Å². The summed E-state index contributed by atoms with van der Waals surface area (Å²) in [5, 5.41) is 17.0. The second-order valence-electron chi connectivity index (χ2n) is 5.78. The first-order valence-corrected chi connectivity index (χ1v) is 9.47. The zero-order chi connectivity index (χ0) is 20.4. The van der Waals surface area contributed by atoms with E-state index in [4.69, 9.17) is 11.6 Å². The third-order valence-electron chi connectivity index (χ3n) is 3.76. The van der Waals surface area contributed by atoms with E-state index in [2.05, 4.69) is 17.2 Å². The van der Waals surface area contributed by atoms with Crippen LogP contribution >= 0.6 is 11.6 Å². The SMILES string of the molecule is C=NN(Nc1cc(Cl)ccc1C)c1ccc(S(=O)(=O)N(C)C)cc1C(=O)[O-].[Na+]. The molecule has 2 rings (SSSR count). The molecule has 0 heterocycles. The molecule has 0 fully saturated rings. The number of carbonyl (C=O) groups excluding carboxylic acids is 1. The van der Waals surface area contributed by atoms with Crippen LogP contribution in [0.2, 0.25) is 5.02 Å². The van der Waals surface area contributed by atoms with Crippen molar-refractivity contribution >= 4 is 45.7 Å². The van der Waals surface area contributed by atoms with Crippen LogP contribution in [0, 0.1) is 6.92 Å². The van der Waals surface area contributed by atoms with Crippen molar-refractivity contribution in [3.8, 4) is 0 Å². The van der Waals surface area contributed by atoms with Crippen molar-refractivity contribution in [1.29, 1.82) is 0 Å². The van der Waals surface area contributed by atoms with Gasteiger partial charge in [0, 0.05) is 31.4 Å². The number of benzene rings is 2. The summed E-state index contributed by atoms with van der Waals surface area (Å²) in [6, 6.07) is 8.73. The number of aromatic carboxylic acids is 1. The van der Waals surface area contributed by atoms with E-state index in [1.54, 1.807) is 18.2 Å². The van der Waals surface area contributed by atoms with Crippen molar-refractivity contribution in [2.24, 2.45) is 5.10 Å². The third kappa shape index (κ3) is 5.25. The van der Waals surface area contributed by atoms with E-state index in [0.717, 1.165) is 21.1 Å². The second-order valence-corrected chi connectivity index (χ2v) is 8.37. The minimum atomic E-state index is -3.81. The first kappa shape index (κ1) is 24.4. The minimum Gasteiger partial charge on any atom is -0.545 e. The maximum absolute atomic E-state index is 12.3. The molecule has 28 heavy (non-hydrogen) atoms. The van der Waals surface area contributed by atoms with E-state index in [1.807, 2.05) is 6.92 Å². The number of nitrogens with zero attached hydrogens (tertiary/aromatic N) is 3. The molecule has 0 aromatic heterocycles. The van der Waals surface area contributed by atoms with Crippen LogP contribution < -0.4 is 45.2 Å². The number of nitrogens with one attached hydrogen (secondary N) is 1. The van der Waals surface area contributed by atoms with Crippen molar-refractivity contribution in [2.75, 3.05) is 24.6 Å². The van der Waals surface area contributed by atoms with Crippen LogP contribution in [0.5, 0.6) is 0 Å². The average molecular weight is 433 g/mol. The van der Waals surface area contributed by atoms with Crippen LogP contribution in [0.1, 0.15) is 15.9 Å².